The van der Waals surface area contributed by atoms with E-state index in [4.69, 9.17) is 5.11 Å². The second-order valence-corrected chi connectivity index (χ2v) is 4.98. The minimum atomic E-state index is -0.991. The summed E-state index contributed by atoms with van der Waals surface area (Å²) in [5.74, 6) is -0.991. The molecule has 0 radical (unpaired) electrons. The number of unbranched alkanes of at least 4 members (excludes halogenated alkanes) is 1. The van der Waals surface area contributed by atoms with Crippen LogP contribution in [-0.4, -0.2) is 46.6 Å². The van der Waals surface area contributed by atoms with E-state index in [2.05, 4.69) is 10.3 Å². The van der Waals surface area contributed by atoms with Crippen molar-refractivity contribution in [2.24, 2.45) is 0 Å². The van der Waals surface area contributed by atoms with Crippen molar-refractivity contribution < 1.29 is 14.7 Å². The van der Waals surface area contributed by atoms with E-state index < -0.39 is 12.0 Å². The number of carbonyl (C=O) groups is 2. The minimum Gasteiger partial charge on any atom is -0.480 e. The molecule has 6 heteroatoms. The molecule has 116 valence electrons. The predicted octanol–water partition coefficient (Wildman–Crippen LogP) is 1.91. The predicted molar refractivity (Wildman–Crippen MR) is 80.1 cm³/mol. The number of urea groups is 1. The zero-order chi connectivity index (χ0) is 15.7. The fraction of sp³-hybridized carbons (Fsp3) is 0.533. The molecule has 0 bridgehead atoms. The van der Waals surface area contributed by atoms with Crippen LogP contribution in [0.5, 0.6) is 0 Å². The molecule has 0 saturated carbocycles. The van der Waals surface area contributed by atoms with Gasteiger partial charge in [-0.05, 0) is 18.6 Å². The lowest BCUT2D eigenvalue weighted by molar-refractivity contribution is -0.139. The molecule has 1 aromatic heterocycles. The highest BCUT2D eigenvalue weighted by molar-refractivity contribution is 5.82. The molecule has 0 saturated heterocycles. The number of pyridine rings is 1. The molecule has 6 nitrogen and oxygen atoms in total. The number of likely N-dealkylation sites (N-methyl/N-ethyl adjacent to an activating group) is 1. The van der Waals surface area contributed by atoms with Crippen molar-refractivity contribution in [2.75, 3.05) is 13.6 Å². The number of rotatable bonds is 8. The first-order chi connectivity index (χ1) is 10.0. The lowest BCUT2D eigenvalue weighted by Gasteiger charge is -2.21. The van der Waals surface area contributed by atoms with Crippen LogP contribution in [0.4, 0.5) is 4.79 Å². The molecule has 1 aromatic rings. The van der Waals surface area contributed by atoms with Crippen LogP contribution < -0.4 is 5.32 Å². The van der Waals surface area contributed by atoms with Crippen LogP contribution in [-0.2, 0) is 11.2 Å². The molecule has 1 atom stereocenters. The maximum absolute atomic E-state index is 12.0. The van der Waals surface area contributed by atoms with E-state index in [1.807, 2.05) is 25.1 Å². The van der Waals surface area contributed by atoms with Crippen LogP contribution in [0.1, 0.15) is 31.9 Å². The van der Waals surface area contributed by atoms with Gasteiger partial charge in [-0.1, -0.05) is 25.8 Å². The number of hydrogen-bond acceptors (Lipinski definition) is 3. The van der Waals surface area contributed by atoms with Crippen LogP contribution in [0.2, 0.25) is 0 Å². The van der Waals surface area contributed by atoms with Crippen molar-refractivity contribution >= 4 is 12.0 Å². The average molecular weight is 293 g/mol. The Labute approximate surface area is 125 Å². The third kappa shape index (κ3) is 6.25. The first-order valence-electron chi connectivity index (χ1n) is 7.19. The first kappa shape index (κ1) is 16.9. The minimum absolute atomic E-state index is 0.366. The quantitative estimate of drug-likeness (QED) is 0.767. The van der Waals surface area contributed by atoms with Gasteiger partial charge in [-0.15, -0.1) is 0 Å². The third-order valence-electron chi connectivity index (χ3n) is 3.22. The molecule has 0 aromatic carbocycles. The Morgan fingerprint density at radius 1 is 1.43 bits per heavy atom. The summed E-state index contributed by atoms with van der Waals surface area (Å²) >= 11 is 0. The number of carboxylic acids is 1. The Hall–Kier alpha value is -2.11. The van der Waals surface area contributed by atoms with E-state index in [9.17, 15) is 9.59 Å². The maximum atomic E-state index is 12.0. The van der Waals surface area contributed by atoms with Crippen LogP contribution in [0.3, 0.4) is 0 Å². The number of amides is 2. The molecule has 1 unspecified atom stereocenters. The standard InChI is InChI=1S/C15H23N3O3/c1-3-4-8-13(14(19)20)17-15(21)18(2)11-9-12-7-5-6-10-16-12/h5-7,10,13H,3-4,8-9,11H2,1-2H3,(H,17,21)(H,19,20). The van der Waals surface area contributed by atoms with Crippen LogP contribution in [0, 0.1) is 0 Å². The van der Waals surface area contributed by atoms with Crippen molar-refractivity contribution in [3.8, 4) is 0 Å². The molecule has 21 heavy (non-hydrogen) atoms. The van der Waals surface area contributed by atoms with Gasteiger partial charge in [0.05, 0.1) is 0 Å². The van der Waals surface area contributed by atoms with E-state index in [1.165, 1.54) is 4.90 Å². The monoisotopic (exact) mass is 293 g/mol. The third-order valence-corrected chi connectivity index (χ3v) is 3.22. The van der Waals surface area contributed by atoms with Gasteiger partial charge in [0.2, 0.25) is 0 Å². The van der Waals surface area contributed by atoms with E-state index in [0.717, 1.165) is 18.5 Å². The fourth-order valence-corrected chi connectivity index (χ4v) is 1.85. The van der Waals surface area contributed by atoms with Gasteiger partial charge in [0.1, 0.15) is 6.04 Å². The number of nitrogens with one attached hydrogen (secondary N) is 1. The molecule has 1 heterocycles. The van der Waals surface area contributed by atoms with Gasteiger partial charge in [0, 0.05) is 31.9 Å². The number of aromatic nitrogens is 1. The molecule has 2 N–H and O–H groups in total. The van der Waals surface area contributed by atoms with Crippen molar-refractivity contribution in [1.82, 2.24) is 15.2 Å². The van der Waals surface area contributed by atoms with Crippen LogP contribution in [0.15, 0.2) is 24.4 Å². The molecular formula is C15H23N3O3. The molecule has 1 rings (SSSR count). The largest absolute Gasteiger partial charge is 0.480 e. The molecule has 0 fully saturated rings. The Balaban J connectivity index is 2.43. The van der Waals surface area contributed by atoms with E-state index in [1.54, 1.807) is 13.2 Å². The highest BCUT2D eigenvalue weighted by Gasteiger charge is 2.20. The van der Waals surface area contributed by atoms with Gasteiger partial charge in [0.25, 0.3) is 0 Å². The lowest BCUT2D eigenvalue weighted by Crippen LogP contribution is -2.47. The van der Waals surface area contributed by atoms with E-state index in [0.29, 0.717) is 19.4 Å². The average Bonchev–Trinajstić information content (AvgIpc) is 2.49. The summed E-state index contributed by atoms with van der Waals surface area (Å²) in [7, 11) is 1.65. The summed E-state index contributed by atoms with van der Waals surface area (Å²) in [5, 5.41) is 11.6. The second kappa shape index (κ2) is 8.94. The number of carbonyl (C=O) groups excluding carboxylic acids is 1. The highest BCUT2D eigenvalue weighted by Crippen LogP contribution is 2.02. The zero-order valence-electron chi connectivity index (χ0n) is 12.6. The lowest BCUT2D eigenvalue weighted by atomic mass is 10.1. The summed E-state index contributed by atoms with van der Waals surface area (Å²) in [6, 6.07) is 4.44. The summed E-state index contributed by atoms with van der Waals surface area (Å²) in [6.07, 6.45) is 4.47. The van der Waals surface area contributed by atoms with Gasteiger partial charge in [-0.25, -0.2) is 9.59 Å². The van der Waals surface area contributed by atoms with Gasteiger partial charge in [0.15, 0.2) is 0 Å². The SMILES string of the molecule is CCCCC(NC(=O)N(C)CCc1ccccn1)C(=O)O. The van der Waals surface area contributed by atoms with Crippen molar-refractivity contribution in [1.29, 1.82) is 0 Å². The molecular weight excluding hydrogens is 270 g/mol. The molecule has 0 aliphatic carbocycles. The fourth-order valence-electron chi connectivity index (χ4n) is 1.85. The van der Waals surface area contributed by atoms with Gasteiger partial charge in [-0.3, -0.25) is 4.98 Å². The molecule has 0 aliphatic heterocycles. The van der Waals surface area contributed by atoms with E-state index in [-0.39, 0.29) is 6.03 Å². The molecule has 2 amide bonds. The zero-order valence-corrected chi connectivity index (χ0v) is 12.6. The number of carboxylic acid groups (broad SMARTS) is 1. The number of hydrogen-bond donors (Lipinski definition) is 2. The van der Waals surface area contributed by atoms with Gasteiger partial charge in [-0.2, -0.15) is 0 Å². The van der Waals surface area contributed by atoms with Crippen LogP contribution in [0.25, 0.3) is 0 Å². The van der Waals surface area contributed by atoms with Crippen molar-refractivity contribution in [3.63, 3.8) is 0 Å². The highest BCUT2D eigenvalue weighted by atomic mass is 16.4. The number of aliphatic carboxylic acids is 1. The summed E-state index contributed by atoms with van der Waals surface area (Å²) in [4.78, 5) is 28.7. The van der Waals surface area contributed by atoms with Crippen molar-refractivity contribution in [2.45, 2.75) is 38.6 Å². The summed E-state index contributed by atoms with van der Waals surface area (Å²) in [5.41, 5.74) is 0.901. The smallest absolute Gasteiger partial charge is 0.326 e. The van der Waals surface area contributed by atoms with Gasteiger partial charge >= 0.3 is 12.0 Å². The molecule has 0 spiro atoms. The Morgan fingerprint density at radius 3 is 2.76 bits per heavy atom. The molecule has 0 aliphatic rings. The van der Waals surface area contributed by atoms with Crippen LogP contribution >= 0.6 is 0 Å². The summed E-state index contributed by atoms with van der Waals surface area (Å²) < 4.78 is 0. The van der Waals surface area contributed by atoms with Gasteiger partial charge < -0.3 is 15.3 Å². The normalized spacial score (nSPS) is 11.7. The Morgan fingerprint density at radius 2 is 2.19 bits per heavy atom. The maximum Gasteiger partial charge on any atom is 0.326 e. The Kier molecular flexibility index (Phi) is 7.21. The second-order valence-electron chi connectivity index (χ2n) is 4.98. The number of nitrogens with zero attached hydrogens (tertiary/aromatic N) is 2. The van der Waals surface area contributed by atoms with Crippen molar-refractivity contribution in [3.05, 3.63) is 30.1 Å². The Bertz CT molecular complexity index is 451. The first-order valence-corrected chi connectivity index (χ1v) is 7.19. The van der Waals surface area contributed by atoms with E-state index >= 15 is 0 Å². The topological polar surface area (TPSA) is 82.5 Å². The summed E-state index contributed by atoms with van der Waals surface area (Å²) in [6.45, 7) is 2.47.